The third-order valence-electron chi connectivity index (χ3n) is 6.39. The molecule has 2 aliphatic heterocycles. The first-order valence-corrected chi connectivity index (χ1v) is 13.0. The van der Waals surface area contributed by atoms with Crippen LogP contribution in [0.4, 0.5) is 5.13 Å². The zero-order valence-electron chi connectivity index (χ0n) is 18.7. The van der Waals surface area contributed by atoms with Crippen LogP contribution in [-0.4, -0.2) is 48.5 Å². The number of nitrogens with zero attached hydrogens (tertiary/aromatic N) is 3. The molecule has 0 N–H and O–H groups in total. The van der Waals surface area contributed by atoms with Gasteiger partial charge in [0.25, 0.3) is 0 Å². The normalized spacial score (nSPS) is 21.1. The highest BCUT2D eigenvalue weighted by Crippen LogP contribution is 2.43. The lowest BCUT2D eigenvalue weighted by Gasteiger charge is -2.37. The molecular formula is C26H29N3OS2. The van der Waals surface area contributed by atoms with Crippen molar-refractivity contribution in [3.8, 4) is 17.0 Å². The van der Waals surface area contributed by atoms with Crippen LogP contribution in [-0.2, 0) is 0 Å². The minimum absolute atomic E-state index is 0.608. The molecule has 32 heavy (non-hydrogen) atoms. The SMILES string of the molecule is COc1ccc(-c2csc(N3CCN(C4CC/C(=C(/C)c5ccccc5)S4)CC3)n2)cc1. The van der Waals surface area contributed by atoms with E-state index in [2.05, 4.69) is 76.3 Å². The molecule has 5 rings (SSSR count). The maximum atomic E-state index is 5.26. The van der Waals surface area contributed by atoms with Crippen LogP contribution in [0.5, 0.6) is 5.75 Å². The fourth-order valence-electron chi connectivity index (χ4n) is 4.42. The van der Waals surface area contributed by atoms with E-state index in [1.165, 1.54) is 24.0 Å². The van der Waals surface area contributed by atoms with E-state index < -0.39 is 0 Å². The molecule has 1 aromatic heterocycles. The van der Waals surface area contributed by atoms with Crippen LogP contribution in [0.1, 0.15) is 25.3 Å². The fraction of sp³-hybridized carbons (Fsp3) is 0.346. The summed E-state index contributed by atoms with van der Waals surface area (Å²) in [6.45, 7) is 6.58. The second-order valence-corrected chi connectivity index (χ2v) is 10.4. The highest BCUT2D eigenvalue weighted by molar-refractivity contribution is 8.04. The van der Waals surface area contributed by atoms with Gasteiger partial charge in [0.05, 0.1) is 18.2 Å². The molecule has 0 radical (unpaired) electrons. The van der Waals surface area contributed by atoms with Gasteiger partial charge in [0.15, 0.2) is 5.13 Å². The topological polar surface area (TPSA) is 28.6 Å². The van der Waals surface area contributed by atoms with Crippen LogP contribution in [0.25, 0.3) is 16.8 Å². The van der Waals surface area contributed by atoms with Crippen LogP contribution in [0.2, 0.25) is 0 Å². The Bertz CT molecular complexity index is 1070. The first-order valence-electron chi connectivity index (χ1n) is 11.2. The van der Waals surface area contributed by atoms with Crippen molar-refractivity contribution in [3.05, 3.63) is 70.4 Å². The number of hydrogen-bond acceptors (Lipinski definition) is 6. The number of thioether (sulfide) groups is 1. The summed E-state index contributed by atoms with van der Waals surface area (Å²) in [7, 11) is 1.70. The maximum absolute atomic E-state index is 5.26. The average molecular weight is 464 g/mol. The largest absolute Gasteiger partial charge is 0.497 e. The number of rotatable bonds is 5. The molecule has 2 aromatic carbocycles. The predicted molar refractivity (Wildman–Crippen MR) is 138 cm³/mol. The summed E-state index contributed by atoms with van der Waals surface area (Å²) in [5, 5.41) is 3.91. The number of anilines is 1. The smallest absolute Gasteiger partial charge is 0.185 e. The number of aromatic nitrogens is 1. The van der Waals surface area contributed by atoms with Crippen LogP contribution in [0, 0.1) is 0 Å². The summed E-state index contributed by atoms with van der Waals surface area (Å²) in [4.78, 5) is 11.6. The number of methoxy groups -OCH3 is 1. The van der Waals surface area contributed by atoms with Crippen LogP contribution in [0.3, 0.4) is 0 Å². The highest BCUT2D eigenvalue weighted by Gasteiger charge is 2.30. The second kappa shape index (κ2) is 9.69. The van der Waals surface area contributed by atoms with Gasteiger partial charge in [-0.3, -0.25) is 4.90 Å². The molecule has 2 fully saturated rings. The van der Waals surface area contributed by atoms with E-state index in [1.54, 1.807) is 23.4 Å². The van der Waals surface area contributed by atoms with Crippen molar-refractivity contribution in [1.82, 2.24) is 9.88 Å². The predicted octanol–water partition coefficient (Wildman–Crippen LogP) is 6.23. The number of piperazine rings is 1. The Morgan fingerprint density at radius 2 is 1.75 bits per heavy atom. The van der Waals surface area contributed by atoms with Gasteiger partial charge in [-0.05, 0) is 60.1 Å². The molecule has 0 aliphatic carbocycles. The minimum atomic E-state index is 0.608. The van der Waals surface area contributed by atoms with Crippen molar-refractivity contribution in [1.29, 1.82) is 0 Å². The Hall–Kier alpha value is -2.28. The molecule has 166 valence electrons. The molecule has 0 saturated carbocycles. The van der Waals surface area contributed by atoms with Gasteiger partial charge in [0, 0.05) is 37.1 Å². The molecule has 0 bridgehead atoms. The van der Waals surface area contributed by atoms with E-state index in [-0.39, 0.29) is 0 Å². The number of ether oxygens (including phenoxy) is 1. The van der Waals surface area contributed by atoms with Gasteiger partial charge in [0.2, 0.25) is 0 Å². The Morgan fingerprint density at radius 1 is 1.00 bits per heavy atom. The Balaban J connectivity index is 1.18. The first-order chi connectivity index (χ1) is 15.7. The molecule has 1 atom stereocenters. The molecule has 0 amide bonds. The Morgan fingerprint density at radius 3 is 2.47 bits per heavy atom. The van der Waals surface area contributed by atoms with Crippen molar-refractivity contribution in [2.75, 3.05) is 38.2 Å². The summed E-state index contributed by atoms with van der Waals surface area (Å²) < 4.78 is 5.26. The maximum Gasteiger partial charge on any atom is 0.185 e. The van der Waals surface area contributed by atoms with Crippen LogP contribution >= 0.6 is 23.1 Å². The lowest BCUT2D eigenvalue weighted by Crippen LogP contribution is -2.49. The molecule has 0 spiro atoms. The van der Waals surface area contributed by atoms with Crippen molar-refractivity contribution >= 4 is 33.8 Å². The minimum Gasteiger partial charge on any atom is -0.497 e. The number of hydrogen-bond donors (Lipinski definition) is 0. The van der Waals surface area contributed by atoms with E-state index in [1.807, 2.05) is 12.1 Å². The molecule has 2 saturated heterocycles. The molecular weight excluding hydrogens is 434 g/mol. The fourth-order valence-corrected chi connectivity index (χ4v) is 6.77. The zero-order valence-corrected chi connectivity index (χ0v) is 20.3. The quantitative estimate of drug-likeness (QED) is 0.448. The van der Waals surface area contributed by atoms with E-state index in [0.29, 0.717) is 5.37 Å². The van der Waals surface area contributed by atoms with Crippen molar-refractivity contribution in [3.63, 3.8) is 0 Å². The van der Waals surface area contributed by atoms with Crippen molar-refractivity contribution in [2.24, 2.45) is 0 Å². The first kappa shape index (κ1) is 21.6. The second-order valence-electron chi connectivity index (χ2n) is 8.29. The van der Waals surface area contributed by atoms with E-state index in [9.17, 15) is 0 Å². The Labute approximate surface area is 198 Å². The van der Waals surface area contributed by atoms with Crippen LogP contribution in [0.15, 0.2) is 64.9 Å². The molecule has 3 heterocycles. The Kier molecular flexibility index (Phi) is 6.53. The van der Waals surface area contributed by atoms with Gasteiger partial charge in [0.1, 0.15) is 5.75 Å². The van der Waals surface area contributed by atoms with E-state index in [4.69, 9.17) is 9.72 Å². The number of allylic oxidation sites excluding steroid dienone is 2. The lowest BCUT2D eigenvalue weighted by molar-refractivity contribution is 0.238. The number of benzene rings is 2. The summed E-state index contributed by atoms with van der Waals surface area (Å²) in [6.07, 6.45) is 2.46. The monoisotopic (exact) mass is 463 g/mol. The van der Waals surface area contributed by atoms with Crippen molar-refractivity contribution in [2.45, 2.75) is 25.1 Å². The summed E-state index contributed by atoms with van der Waals surface area (Å²) in [6, 6.07) is 19.0. The van der Waals surface area contributed by atoms with Crippen molar-refractivity contribution < 1.29 is 4.74 Å². The van der Waals surface area contributed by atoms with Crippen LogP contribution < -0.4 is 9.64 Å². The van der Waals surface area contributed by atoms with Gasteiger partial charge in [-0.1, -0.05) is 30.3 Å². The van der Waals surface area contributed by atoms with Gasteiger partial charge >= 0.3 is 0 Å². The third-order valence-corrected chi connectivity index (χ3v) is 8.89. The summed E-state index contributed by atoms with van der Waals surface area (Å²) in [5.41, 5.74) is 5.00. The molecule has 4 nitrogen and oxygen atoms in total. The summed E-state index contributed by atoms with van der Waals surface area (Å²) >= 11 is 3.83. The molecule has 1 unspecified atom stereocenters. The van der Waals surface area contributed by atoms with E-state index >= 15 is 0 Å². The van der Waals surface area contributed by atoms with Gasteiger partial charge < -0.3 is 9.64 Å². The zero-order chi connectivity index (χ0) is 21.9. The molecule has 2 aliphatic rings. The third kappa shape index (κ3) is 4.58. The molecule has 3 aromatic rings. The standard InChI is InChI=1S/C26H29N3OS2/c1-19(20-6-4-3-5-7-20)24-12-13-25(32-24)28-14-16-29(17-15-28)26-27-23(18-31-26)21-8-10-22(30-2)11-9-21/h3-11,18,25H,12-17H2,1-2H3/b24-19+. The van der Waals surface area contributed by atoms with Gasteiger partial charge in [-0.15, -0.1) is 23.1 Å². The lowest BCUT2D eigenvalue weighted by atomic mass is 10.1. The number of thiazole rings is 1. The average Bonchev–Trinajstić information content (AvgIpc) is 3.55. The van der Waals surface area contributed by atoms with Gasteiger partial charge in [-0.2, -0.15) is 0 Å². The van der Waals surface area contributed by atoms with Gasteiger partial charge in [-0.25, -0.2) is 4.98 Å². The molecule has 6 heteroatoms. The summed E-state index contributed by atoms with van der Waals surface area (Å²) in [5.74, 6) is 0.877. The highest BCUT2D eigenvalue weighted by atomic mass is 32.2. The van der Waals surface area contributed by atoms with E-state index in [0.717, 1.165) is 48.3 Å².